The molecule has 10 heavy (non-hydrogen) atoms. The van der Waals surface area contributed by atoms with Crippen LogP contribution < -0.4 is 0 Å². The third kappa shape index (κ3) is 0.688. The molecule has 1 aromatic heterocycles. The number of furan rings is 1. The van der Waals surface area contributed by atoms with Gasteiger partial charge in [0.05, 0.1) is 18.3 Å². The minimum Gasteiger partial charge on any atom is -0.469 e. The van der Waals surface area contributed by atoms with E-state index in [4.69, 9.17) is 9.52 Å². The van der Waals surface area contributed by atoms with Crippen molar-refractivity contribution >= 4 is 0 Å². The van der Waals surface area contributed by atoms with E-state index in [0.29, 0.717) is 0 Å². The van der Waals surface area contributed by atoms with E-state index in [0.717, 1.165) is 18.6 Å². The number of hydrogen-bond donors (Lipinski definition) is 1. The number of hydrogen-bond acceptors (Lipinski definition) is 2. The van der Waals surface area contributed by atoms with Gasteiger partial charge < -0.3 is 9.52 Å². The van der Waals surface area contributed by atoms with E-state index in [1.165, 1.54) is 0 Å². The summed E-state index contributed by atoms with van der Waals surface area (Å²) < 4.78 is 5.19. The molecule has 0 spiro atoms. The fraction of sp³-hybridized carbons (Fsp3) is 0.500. The summed E-state index contributed by atoms with van der Waals surface area (Å²) in [5.41, 5.74) is 0.00347. The molecule has 0 atom stereocenters. The normalized spacial score (nSPS) is 20.9. The molecule has 0 saturated heterocycles. The van der Waals surface area contributed by atoms with Gasteiger partial charge in [0.25, 0.3) is 0 Å². The van der Waals surface area contributed by atoms with E-state index in [1.54, 1.807) is 6.26 Å². The van der Waals surface area contributed by atoms with Crippen molar-refractivity contribution in [3.63, 3.8) is 0 Å². The third-order valence-electron chi connectivity index (χ3n) is 2.20. The maximum Gasteiger partial charge on any atom is 0.112 e. The second kappa shape index (κ2) is 1.86. The zero-order chi connectivity index (χ0) is 7.03. The Hall–Kier alpha value is -0.760. The van der Waals surface area contributed by atoms with Gasteiger partial charge in [-0.2, -0.15) is 0 Å². The van der Waals surface area contributed by atoms with Crippen molar-refractivity contribution in [1.82, 2.24) is 0 Å². The van der Waals surface area contributed by atoms with Crippen LogP contribution >= 0.6 is 0 Å². The second-order valence-corrected chi connectivity index (χ2v) is 2.92. The molecule has 1 fully saturated rings. The molecule has 54 valence electrons. The molecule has 0 bridgehead atoms. The molecule has 1 saturated carbocycles. The van der Waals surface area contributed by atoms with Crippen molar-refractivity contribution in [2.24, 2.45) is 0 Å². The predicted molar refractivity (Wildman–Crippen MR) is 36.7 cm³/mol. The van der Waals surface area contributed by atoms with Gasteiger partial charge in [-0.05, 0) is 25.0 Å². The van der Waals surface area contributed by atoms with E-state index >= 15 is 0 Å². The molecule has 0 aromatic carbocycles. The lowest BCUT2D eigenvalue weighted by atomic mass is 10.1. The standard InChI is InChI=1S/C8H10O2/c9-6-8(3-4-8)7-2-1-5-10-7/h1-2,5,9H,3-4,6H2. The van der Waals surface area contributed by atoms with Crippen molar-refractivity contribution in [3.05, 3.63) is 24.2 Å². The first-order valence-electron chi connectivity index (χ1n) is 3.52. The van der Waals surface area contributed by atoms with E-state index in [-0.39, 0.29) is 12.0 Å². The monoisotopic (exact) mass is 138 g/mol. The summed E-state index contributed by atoms with van der Waals surface area (Å²) in [7, 11) is 0. The molecular formula is C8H10O2. The van der Waals surface area contributed by atoms with Crippen LogP contribution in [0.2, 0.25) is 0 Å². The average Bonchev–Trinajstić information content (AvgIpc) is 2.58. The van der Waals surface area contributed by atoms with Crippen LogP contribution in [-0.2, 0) is 5.41 Å². The third-order valence-corrected chi connectivity index (χ3v) is 2.20. The van der Waals surface area contributed by atoms with Gasteiger partial charge in [-0.15, -0.1) is 0 Å². The topological polar surface area (TPSA) is 33.4 Å². The van der Waals surface area contributed by atoms with E-state index in [1.807, 2.05) is 12.1 Å². The van der Waals surface area contributed by atoms with Crippen LogP contribution in [-0.4, -0.2) is 11.7 Å². The molecule has 2 rings (SSSR count). The lowest BCUT2D eigenvalue weighted by molar-refractivity contribution is 0.237. The summed E-state index contributed by atoms with van der Waals surface area (Å²) >= 11 is 0. The smallest absolute Gasteiger partial charge is 0.112 e. The van der Waals surface area contributed by atoms with Crippen LogP contribution in [0.3, 0.4) is 0 Å². The van der Waals surface area contributed by atoms with E-state index in [2.05, 4.69) is 0 Å². The lowest BCUT2D eigenvalue weighted by Gasteiger charge is -2.05. The van der Waals surface area contributed by atoms with Gasteiger partial charge in [-0.3, -0.25) is 0 Å². The Morgan fingerprint density at radius 1 is 1.60 bits per heavy atom. The highest BCUT2D eigenvalue weighted by Crippen LogP contribution is 2.47. The molecule has 0 unspecified atom stereocenters. The minimum absolute atomic E-state index is 0.00347. The zero-order valence-corrected chi connectivity index (χ0v) is 5.71. The van der Waals surface area contributed by atoms with Crippen molar-refractivity contribution in [1.29, 1.82) is 0 Å². The van der Waals surface area contributed by atoms with Crippen LogP contribution in [0, 0.1) is 0 Å². The highest BCUT2D eigenvalue weighted by Gasteiger charge is 2.46. The fourth-order valence-electron chi connectivity index (χ4n) is 1.21. The summed E-state index contributed by atoms with van der Waals surface area (Å²) in [6.45, 7) is 0.223. The van der Waals surface area contributed by atoms with Gasteiger partial charge in [0, 0.05) is 0 Å². The molecule has 2 nitrogen and oxygen atoms in total. The van der Waals surface area contributed by atoms with Gasteiger partial charge >= 0.3 is 0 Å². The maximum atomic E-state index is 8.97. The van der Waals surface area contributed by atoms with Crippen LogP contribution in [0.15, 0.2) is 22.8 Å². The van der Waals surface area contributed by atoms with Gasteiger partial charge in [0.2, 0.25) is 0 Å². The largest absolute Gasteiger partial charge is 0.469 e. The molecule has 0 amide bonds. The van der Waals surface area contributed by atoms with Crippen LogP contribution in [0.1, 0.15) is 18.6 Å². The van der Waals surface area contributed by atoms with Crippen LogP contribution in [0.5, 0.6) is 0 Å². The molecule has 1 aliphatic carbocycles. The summed E-state index contributed by atoms with van der Waals surface area (Å²) in [5, 5.41) is 8.97. The Kier molecular flexibility index (Phi) is 1.11. The summed E-state index contributed by atoms with van der Waals surface area (Å²) in [6, 6.07) is 3.80. The van der Waals surface area contributed by atoms with Crippen molar-refractivity contribution in [3.8, 4) is 0 Å². The molecule has 1 aliphatic rings. The van der Waals surface area contributed by atoms with Crippen molar-refractivity contribution < 1.29 is 9.52 Å². The number of aliphatic hydroxyl groups excluding tert-OH is 1. The Balaban J connectivity index is 2.27. The fourth-order valence-corrected chi connectivity index (χ4v) is 1.21. The molecule has 2 heteroatoms. The average molecular weight is 138 g/mol. The molecule has 0 radical (unpaired) electrons. The Morgan fingerprint density at radius 2 is 2.40 bits per heavy atom. The van der Waals surface area contributed by atoms with Gasteiger partial charge in [0.1, 0.15) is 5.76 Å². The van der Waals surface area contributed by atoms with E-state index < -0.39 is 0 Å². The molecule has 1 heterocycles. The molecule has 1 N–H and O–H groups in total. The first kappa shape index (κ1) is 5.98. The zero-order valence-electron chi connectivity index (χ0n) is 5.71. The quantitative estimate of drug-likeness (QED) is 0.668. The summed E-state index contributed by atoms with van der Waals surface area (Å²) in [5.74, 6) is 0.940. The second-order valence-electron chi connectivity index (χ2n) is 2.92. The van der Waals surface area contributed by atoms with Gasteiger partial charge in [-0.1, -0.05) is 0 Å². The number of aliphatic hydroxyl groups is 1. The van der Waals surface area contributed by atoms with Crippen molar-refractivity contribution in [2.75, 3.05) is 6.61 Å². The van der Waals surface area contributed by atoms with Crippen LogP contribution in [0.4, 0.5) is 0 Å². The lowest BCUT2D eigenvalue weighted by Crippen LogP contribution is -2.09. The summed E-state index contributed by atoms with van der Waals surface area (Å²) in [4.78, 5) is 0. The Morgan fingerprint density at radius 3 is 2.80 bits per heavy atom. The predicted octanol–water partition coefficient (Wildman–Crippen LogP) is 1.30. The number of rotatable bonds is 2. The highest BCUT2D eigenvalue weighted by molar-refractivity contribution is 5.21. The van der Waals surface area contributed by atoms with Gasteiger partial charge in [-0.25, -0.2) is 0 Å². The van der Waals surface area contributed by atoms with Crippen molar-refractivity contribution in [2.45, 2.75) is 18.3 Å². The molecule has 1 aromatic rings. The maximum absolute atomic E-state index is 8.97. The Labute approximate surface area is 59.5 Å². The first-order valence-corrected chi connectivity index (χ1v) is 3.52. The molecular weight excluding hydrogens is 128 g/mol. The Bertz CT molecular complexity index is 209. The first-order chi connectivity index (χ1) is 4.87. The molecule has 0 aliphatic heterocycles. The SMILES string of the molecule is OCC1(c2ccco2)CC1. The summed E-state index contributed by atoms with van der Waals surface area (Å²) in [6.07, 6.45) is 3.79. The van der Waals surface area contributed by atoms with Gasteiger partial charge in [0.15, 0.2) is 0 Å². The van der Waals surface area contributed by atoms with Crippen LogP contribution in [0.25, 0.3) is 0 Å². The highest BCUT2D eigenvalue weighted by atomic mass is 16.3. The van der Waals surface area contributed by atoms with E-state index in [9.17, 15) is 0 Å². The minimum atomic E-state index is 0.00347.